The van der Waals surface area contributed by atoms with Gasteiger partial charge >= 0.3 is 241 Å². The van der Waals surface area contributed by atoms with Crippen molar-refractivity contribution in [3.05, 3.63) is 130 Å². The van der Waals surface area contributed by atoms with Gasteiger partial charge in [0.1, 0.15) is 0 Å². The van der Waals surface area contributed by atoms with Gasteiger partial charge < -0.3 is 0 Å². The van der Waals surface area contributed by atoms with E-state index in [2.05, 4.69) is 124 Å². The van der Waals surface area contributed by atoms with Gasteiger partial charge in [0.05, 0.1) is 0 Å². The van der Waals surface area contributed by atoms with Gasteiger partial charge in [-0.2, -0.15) is 0 Å². The fraction of sp³-hybridized carbons (Fsp3) is 0.222. The van der Waals surface area contributed by atoms with Crippen molar-refractivity contribution in [1.82, 2.24) is 0 Å². The average Bonchev–Trinajstić information content (AvgIpc) is 3.48. The van der Waals surface area contributed by atoms with Crippen molar-refractivity contribution >= 4 is 18.5 Å². The molecule has 0 amide bonds. The summed E-state index contributed by atoms with van der Waals surface area (Å²) in [4.78, 5) is 0. The summed E-state index contributed by atoms with van der Waals surface area (Å²) in [6, 6.07) is 36.8. The van der Waals surface area contributed by atoms with Crippen LogP contribution >= 0.6 is 0 Å². The van der Waals surface area contributed by atoms with E-state index >= 15 is 0 Å². The fourth-order valence-electron chi connectivity index (χ4n) is 7.74. The van der Waals surface area contributed by atoms with Crippen LogP contribution in [-0.4, -0.2) is 8.07 Å². The number of rotatable bonds is 4. The molecule has 1 aliphatic heterocycles. The van der Waals surface area contributed by atoms with E-state index in [-0.39, 0.29) is 0 Å². The molecule has 0 saturated heterocycles. The van der Waals surface area contributed by atoms with E-state index in [1.807, 2.05) is 0 Å². The predicted molar refractivity (Wildman–Crippen MR) is 161 cm³/mol. The molecule has 0 radical (unpaired) electrons. The van der Waals surface area contributed by atoms with Crippen LogP contribution in [0.15, 0.2) is 108 Å². The number of allylic oxidation sites excluding steroid dienone is 2. The molecule has 38 heavy (non-hydrogen) atoms. The van der Waals surface area contributed by atoms with Gasteiger partial charge in [0.25, 0.3) is 0 Å². The Hall–Kier alpha value is -2.54. The first-order valence-electron chi connectivity index (χ1n) is 14.2. The quantitative estimate of drug-likeness (QED) is 0.209. The number of hydrogen-bond acceptors (Lipinski definition) is 0. The Bertz CT molecular complexity index is 1500. The summed E-state index contributed by atoms with van der Waals surface area (Å²) in [5.41, 5.74) is 15.8. The van der Waals surface area contributed by atoms with Gasteiger partial charge in [-0.1, -0.05) is 0 Å². The summed E-state index contributed by atoms with van der Waals surface area (Å²) >= 11 is -0.886. The summed E-state index contributed by atoms with van der Waals surface area (Å²) in [7, 11) is -2.06. The normalized spacial score (nSPS) is 20.5. The van der Waals surface area contributed by atoms with Crippen LogP contribution in [0.1, 0.15) is 56.2 Å². The summed E-state index contributed by atoms with van der Waals surface area (Å²) in [5, 5.41) is 3.55. The molecule has 2 heteroatoms. The molecule has 7 rings (SSSR count). The second-order valence-corrected chi connectivity index (χ2v) is 19.3. The first-order chi connectivity index (χ1) is 18.6. The van der Waals surface area contributed by atoms with Crippen LogP contribution in [0.25, 0.3) is 32.6 Å². The van der Waals surface area contributed by atoms with Crippen LogP contribution in [0.2, 0.25) is 13.1 Å². The van der Waals surface area contributed by atoms with Crippen molar-refractivity contribution in [2.75, 3.05) is 0 Å². The van der Waals surface area contributed by atoms with E-state index in [1.165, 1.54) is 35.1 Å². The molecule has 2 aliphatic carbocycles. The molecule has 0 saturated carbocycles. The van der Waals surface area contributed by atoms with Gasteiger partial charge in [0.15, 0.2) is 0 Å². The molecule has 4 aromatic carbocycles. The third kappa shape index (κ3) is 3.42. The van der Waals surface area contributed by atoms with Gasteiger partial charge in [0.2, 0.25) is 0 Å². The van der Waals surface area contributed by atoms with Crippen molar-refractivity contribution in [3.8, 4) is 22.3 Å². The van der Waals surface area contributed by atoms with E-state index in [4.69, 9.17) is 0 Å². The van der Waals surface area contributed by atoms with Gasteiger partial charge in [-0.3, -0.25) is 0 Å². The third-order valence-corrected chi connectivity index (χ3v) is 17.7. The Balaban J connectivity index is 1.54. The maximum atomic E-state index is 2.68. The molecule has 2 atom stereocenters. The SMILES string of the molecule is CCC1=C2c3c(-c4ccccc4)cccc3[CH]1[Zr][CH]1C(CC)=C(c3c(-c4ccccc4)cccc31)[Si]2(C)C. The van der Waals surface area contributed by atoms with Crippen LogP contribution < -0.4 is 0 Å². The molecular formula is C36H34SiZr. The summed E-state index contributed by atoms with van der Waals surface area (Å²) in [5.74, 6) is 0. The predicted octanol–water partition coefficient (Wildman–Crippen LogP) is 10.0. The van der Waals surface area contributed by atoms with E-state index in [9.17, 15) is 0 Å². The Kier molecular flexibility index (Phi) is 5.99. The molecule has 1 heterocycles. The molecule has 3 aliphatic rings. The second-order valence-electron chi connectivity index (χ2n) is 11.4. The van der Waals surface area contributed by atoms with Gasteiger partial charge in [-0.05, 0) is 0 Å². The van der Waals surface area contributed by atoms with Crippen molar-refractivity contribution < 1.29 is 23.2 Å². The van der Waals surface area contributed by atoms with Crippen LogP contribution in [0, 0.1) is 0 Å². The van der Waals surface area contributed by atoms with Crippen LogP contribution in [-0.2, 0) is 23.2 Å². The zero-order valence-electron chi connectivity index (χ0n) is 22.8. The monoisotopic (exact) mass is 584 g/mol. The topological polar surface area (TPSA) is 0 Å². The van der Waals surface area contributed by atoms with Crippen LogP contribution in [0.5, 0.6) is 0 Å². The first-order valence-corrected chi connectivity index (χ1v) is 20.0. The molecule has 0 aromatic heterocycles. The number of hydrogen-bond donors (Lipinski definition) is 0. The molecule has 4 aromatic rings. The van der Waals surface area contributed by atoms with Crippen molar-refractivity contribution in [1.29, 1.82) is 0 Å². The molecular weight excluding hydrogens is 552 g/mol. The molecule has 0 spiro atoms. The minimum absolute atomic E-state index is 0.684. The molecule has 0 nitrogen and oxygen atoms in total. The van der Waals surface area contributed by atoms with Crippen LogP contribution in [0.3, 0.4) is 0 Å². The molecule has 186 valence electrons. The molecule has 0 N–H and O–H groups in total. The van der Waals surface area contributed by atoms with Gasteiger partial charge in [0, 0.05) is 0 Å². The zero-order valence-corrected chi connectivity index (χ0v) is 26.3. The van der Waals surface area contributed by atoms with Gasteiger partial charge in [-0.25, -0.2) is 0 Å². The van der Waals surface area contributed by atoms with E-state index in [1.54, 1.807) is 43.8 Å². The van der Waals surface area contributed by atoms with E-state index < -0.39 is 31.3 Å². The zero-order chi connectivity index (χ0) is 26.0. The first kappa shape index (κ1) is 24.5. The minimum atomic E-state index is -2.06. The van der Waals surface area contributed by atoms with Crippen molar-refractivity contribution in [3.63, 3.8) is 0 Å². The third-order valence-electron chi connectivity index (χ3n) is 9.17. The van der Waals surface area contributed by atoms with Gasteiger partial charge in [-0.15, -0.1) is 0 Å². The summed E-state index contributed by atoms with van der Waals surface area (Å²) < 4.78 is 1.37. The Morgan fingerprint density at radius 1 is 0.553 bits per heavy atom. The van der Waals surface area contributed by atoms with Crippen molar-refractivity contribution in [2.24, 2.45) is 0 Å². The Morgan fingerprint density at radius 2 is 0.974 bits per heavy atom. The fourth-order valence-corrected chi connectivity index (χ4v) is 18.3. The number of benzene rings is 4. The Morgan fingerprint density at radius 3 is 1.37 bits per heavy atom. The summed E-state index contributed by atoms with van der Waals surface area (Å²) in [6.07, 6.45) is 2.37. The second kappa shape index (κ2) is 9.29. The molecule has 0 fully saturated rings. The van der Waals surface area contributed by atoms with Crippen molar-refractivity contribution in [2.45, 2.75) is 47.0 Å². The van der Waals surface area contributed by atoms with E-state index in [0.29, 0.717) is 7.25 Å². The standard InChI is InChI=1S/C36H34Si.Zr/c1-5-25-23-29-19-13-21-31(27-15-9-7-10-16-27)33(29)35(25)37(3,4)36-26(6-2)24-30-20-14-22-32(34(30)36)28-17-11-8-12-18-28;/h7-24H,5-6H2,1-4H3;. The van der Waals surface area contributed by atoms with Crippen LogP contribution in [0.4, 0.5) is 0 Å². The number of fused-ring (bicyclic) bond motifs is 8. The molecule has 2 unspecified atom stereocenters. The average molecular weight is 586 g/mol. The molecule has 4 bridgehead atoms. The maximum absolute atomic E-state index is 2.68. The van der Waals surface area contributed by atoms with E-state index in [0.717, 1.165) is 0 Å². The Labute approximate surface area is 240 Å². The summed E-state index contributed by atoms with van der Waals surface area (Å²) in [6.45, 7) is 10.2.